The van der Waals surface area contributed by atoms with E-state index >= 15 is 0 Å². The lowest BCUT2D eigenvalue weighted by molar-refractivity contribution is -0.141. The van der Waals surface area contributed by atoms with E-state index in [2.05, 4.69) is 9.97 Å². The van der Waals surface area contributed by atoms with Crippen LogP contribution in [0, 0.1) is 11.3 Å². The van der Waals surface area contributed by atoms with Crippen molar-refractivity contribution >= 4 is 17.5 Å². The lowest BCUT2D eigenvalue weighted by atomic mass is 9.81. The van der Waals surface area contributed by atoms with Gasteiger partial charge in [-0.1, -0.05) is 0 Å². The van der Waals surface area contributed by atoms with Crippen LogP contribution in [0.4, 0.5) is 5.69 Å². The zero-order chi connectivity index (χ0) is 16.0. The van der Waals surface area contributed by atoms with Crippen LogP contribution in [0.2, 0.25) is 0 Å². The summed E-state index contributed by atoms with van der Waals surface area (Å²) in [7, 11) is 0. The molecule has 1 saturated carbocycles. The Morgan fingerprint density at radius 3 is 2.70 bits per heavy atom. The van der Waals surface area contributed by atoms with E-state index < -0.39 is 0 Å². The average Bonchev–Trinajstić information content (AvgIpc) is 3.08. The highest BCUT2D eigenvalue weighted by molar-refractivity contribution is 5.96. The highest BCUT2D eigenvalue weighted by Gasteiger charge is 2.50. The molecule has 1 aromatic heterocycles. The molecule has 122 valence electrons. The maximum atomic E-state index is 12.4. The molecule has 2 saturated heterocycles. The fraction of sp³-hybridized carbons (Fsp3) is 0.625. The summed E-state index contributed by atoms with van der Waals surface area (Å²) in [5.41, 5.74) is 0.576. The number of nitrogens with zero attached hydrogens (tertiary/aromatic N) is 4. The molecular weight excluding hydrogens is 296 g/mol. The van der Waals surface area contributed by atoms with Gasteiger partial charge in [0.2, 0.25) is 11.8 Å². The lowest BCUT2D eigenvalue weighted by Gasteiger charge is -2.34. The molecule has 0 bridgehead atoms. The minimum absolute atomic E-state index is 0.0316. The Labute approximate surface area is 134 Å². The van der Waals surface area contributed by atoms with E-state index in [1.54, 1.807) is 17.3 Å². The third kappa shape index (κ3) is 2.49. The highest BCUT2D eigenvalue weighted by atomic mass is 16.3. The zero-order valence-corrected chi connectivity index (χ0v) is 12.9. The smallest absolute Gasteiger partial charge is 0.227 e. The van der Waals surface area contributed by atoms with E-state index in [0.29, 0.717) is 38.9 Å². The number of aliphatic hydroxyl groups is 1. The second-order valence-corrected chi connectivity index (χ2v) is 7.09. The van der Waals surface area contributed by atoms with Gasteiger partial charge in [0.1, 0.15) is 6.33 Å². The largest absolute Gasteiger partial charge is 0.393 e. The quantitative estimate of drug-likeness (QED) is 0.842. The van der Waals surface area contributed by atoms with E-state index in [9.17, 15) is 14.7 Å². The van der Waals surface area contributed by atoms with Crippen molar-refractivity contribution in [1.29, 1.82) is 0 Å². The lowest BCUT2D eigenvalue weighted by Crippen LogP contribution is -2.43. The summed E-state index contributed by atoms with van der Waals surface area (Å²) in [6.45, 7) is 1.96. The Hall–Kier alpha value is -2.02. The van der Waals surface area contributed by atoms with Gasteiger partial charge in [-0.2, -0.15) is 0 Å². The topological polar surface area (TPSA) is 86.6 Å². The van der Waals surface area contributed by atoms with Gasteiger partial charge in [0.25, 0.3) is 0 Å². The number of anilines is 1. The van der Waals surface area contributed by atoms with Gasteiger partial charge in [-0.3, -0.25) is 9.59 Å². The number of carbonyl (C=O) groups is 2. The van der Waals surface area contributed by atoms with Gasteiger partial charge in [0, 0.05) is 37.4 Å². The monoisotopic (exact) mass is 316 g/mol. The molecule has 23 heavy (non-hydrogen) atoms. The van der Waals surface area contributed by atoms with Crippen LogP contribution in [-0.4, -0.2) is 57.5 Å². The number of hydrogen-bond acceptors (Lipinski definition) is 5. The molecule has 1 spiro atoms. The Balaban J connectivity index is 1.44. The first-order valence-electron chi connectivity index (χ1n) is 8.09. The summed E-state index contributed by atoms with van der Waals surface area (Å²) in [5, 5.41) is 9.38. The fourth-order valence-electron chi connectivity index (χ4n) is 4.01. The van der Waals surface area contributed by atoms with Crippen LogP contribution >= 0.6 is 0 Å². The summed E-state index contributed by atoms with van der Waals surface area (Å²) >= 11 is 0. The molecule has 4 rings (SSSR count). The fourth-order valence-corrected chi connectivity index (χ4v) is 4.01. The van der Waals surface area contributed by atoms with Gasteiger partial charge in [-0.05, 0) is 19.3 Å². The Bertz CT molecular complexity index is 631. The molecule has 0 radical (unpaired) electrons. The molecule has 0 aromatic carbocycles. The van der Waals surface area contributed by atoms with E-state index in [1.807, 2.05) is 4.90 Å². The van der Waals surface area contributed by atoms with Crippen LogP contribution in [-0.2, 0) is 9.59 Å². The third-order valence-corrected chi connectivity index (χ3v) is 5.39. The molecule has 7 nitrogen and oxygen atoms in total. The highest BCUT2D eigenvalue weighted by Crippen LogP contribution is 2.42. The van der Waals surface area contributed by atoms with Crippen LogP contribution in [0.25, 0.3) is 0 Å². The van der Waals surface area contributed by atoms with Crippen LogP contribution in [0.1, 0.15) is 25.7 Å². The van der Waals surface area contributed by atoms with E-state index in [4.69, 9.17) is 0 Å². The molecule has 7 heteroatoms. The van der Waals surface area contributed by atoms with Crippen LogP contribution in [0.15, 0.2) is 18.7 Å². The van der Waals surface area contributed by atoms with Gasteiger partial charge in [0.15, 0.2) is 0 Å². The standard InChI is InChI=1S/C16H20N4O3/c21-13-3-11(4-13)15(23)19-2-1-16(8-19)5-14(22)20(9-16)12-6-17-10-18-7-12/h6-7,10-11,13,21H,1-5,8-9H2. The molecular formula is C16H20N4O3. The first kappa shape index (κ1) is 14.6. The van der Waals surface area contributed by atoms with E-state index in [1.165, 1.54) is 6.33 Å². The van der Waals surface area contributed by atoms with Crippen LogP contribution < -0.4 is 4.90 Å². The molecule has 1 aromatic rings. The predicted octanol–water partition coefficient (Wildman–Crippen LogP) is 0.203. The third-order valence-electron chi connectivity index (χ3n) is 5.39. The van der Waals surface area contributed by atoms with Gasteiger partial charge >= 0.3 is 0 Å². The number of carbonyl (C=O) groups excluding carboxylic acids is 2. The summed E-state index contributed by atoms with van der Waals surface area (Å²) in [6, 6.07) is 0. The molecule has 1 unspecified atom stereocenters. The van der Waals surface area contributed by atoms with Crippen molar-refractivity contribution in [3.05, 3.63) is 18.7 Å². The number of aromatic nitrogens is 2. The first-order chi connectivity index (χ1) is 11.1. The second kappa shape index (κ2) is 5.26. The Morgan fingerprint density at radius 1 is 1.26 bits per heavy atom. The molecule has 2 aliphatic heterocycles. The SMILES string of the molecule is O=C(C1CC(O)C1)N1CCC2(CC(=O)N(c3cncnc3)C2)C1. The number of aliphatic hydroxyl groups excluding tert-OH is 1. The second-order valence-electron chi connectivity index (χ2n) is 7.09. The number of rotatable bonds is 2. The van der Waals surface area contributed by atoms with Gasteiger partial charge < -0.3 is 14.9 Å². The Morgan fingerprint density at radius 2 is 2.00 bits per heavy atom. The van der Waals surface area contributed by atoms with Crippen LogP contribution in [0.3, 0.4) is 0 Å². The molecule has 3 aliphatic rings. The van der Waals surface area contributed by atoms with Gasteiger partial charge in [0.05, 0.1) is 24.2 Å². The van der Waals surface area contributed by atoms with Crippen LogP contribution in [0.5, 0.6) is 0 Å². The number of hydrogen-bond donors (Lipinski definition) is 1. The van der Waals surface area contributed by atoms with Gasteiger partial charge in [-0.25, -0.2) is 9.97 Å². The molecule has 1 atom stereocenters. The van der Waals surface area contributed by atoms with Gasteiger partial charge in [-0.15, -0.1) is 0 Å². The predicted molar refractivity (Wildman–Crippen MR) is 81.4 cm³/mol. The van der Waals surface area contributed by atoms with Crippen molar-refractivity contribution in [3.8, 4) is 0 Å². The minimum atomic E-state index is -0.317. The summed E-state index contributed by atoms with van der Waals surface area (Å²) < 4.78 is 0. The molecule has 3 fully saturated rings. The molecule has 3 heterocycles. The summed E-state index contributed by atoms with van der Waals surface area (Å²) in [5.74, 6) is 0.185. The maximum absolute atomic E-state index is 12.4. The van der Waals surface area contributed by atoms with Crippen molar-refractivity contribution in [2.45, 2.75) is 31.8 Å². The van der Waals surface area contributed by atoms with Crippen molar-refractivity contribution < 1.29 is 14.7 Å². The maximum Gasteiger partial charge on any atom is 0.227 e. The number of likely N-dealkylation sites (tertiary alicyclic amines) is 1. The first-order valence-corrected chi connectivity index (χ1v) is 8.09. The average molecular weight is 316 g/mol. The molecule has 1 N–H and O–H groups in total. The summed E-state index contributed by atoms with van der Waals surface area (Å²) in [6.07, 6.45) is 6.91. The number of amides is 2. The summed E-state index contributed by atoms with van der Waals surface area (Å²) in [4.78, 5) is 36.4. The van der Waals surface area contributed by atoms with Crippen molar-refractivity contribution in [2.24, 2.45) is 11.3 Å². The normalized spacial score (nSPS) is 33.3. The van der Waals surface area contributed by atoms with E-state index in [-0.39, 0.29) is 29.3 Å². The molecule has 2 amide bonds. The van der Waals surface area contributed by atoms with Crippen molar-refractivity contribution in [3.63, 3.8) is 0 Å². The van der Waals surface area contributed by atoms with Crippen molar-refractivity contribution in [1.82, 2.24) is 14.9 Å². The zero-order valence-electron chi connectivity index (χ0n) is 12.9. The molecule has 1 aliphatic carbocycles. The Kier molecular flexibility index (Phi) is 3.33. The minimum Gasteiger partial charge on any atom is -0.393 e. The van der Waals surface area contributed by atoms with E-state index in [0.717, 1.165) is 12.1 Å². The van der Waals surface area contributed by atoms with Crippen molar-refractivity contribution in [2.75, 3.05) is 24.5 Å².